The molecule has 1 fully saturated rings. The van der Waals surface area contributed by atoms with Crippen LogP contribution in [0.25, 0.3) is 6.08 Å². The maximum absolute atomic E-state index is 12.4. The molecule has 2 aromatic carbocycles. The number of hydrogen-bond acceptors (Lipinski definition) is 3. The van der Waals surface area contributed by atoms with Gasteiger partial charge in [-0.2, -0.15) is 0 Å². The molecule has 0 unspecified atom stereocenters. The second-order valence-corrected chi connectivity index (χ2v) is 5.71. The van der Waals surface area contributed by atoms with Gasteiger partial charge in [-0.3, -0.25) is 15.1 Å². The Kier molecular flexibility index (Phi) is 4.21. The zero-order chi connectivity index (χ0) is 15.4. The number of hydrogen-bond donors (Lipinski definition) is 1. The third-order valence-corrected chi connectivity index (χ3v) is 4.08. The lowest BCUT2D eigenvalue weighted by molar-refractivity contribution is -0.113. The monoisotopic (exact) mass is 306 g/mol. The van der Waals surface area contributed by atoms with Crippen LogP contribution in [0.3, 0.4) is 0 Å². The molecule has 1 aliphatic rings. The summed E-state index contributed by atoms with van der Waals surface area (Å²) < 4.78 is 0. The summed E-state index contributed by atoms with van der Waals surface area (Å²) in [6.07, 6.45) is 5.55. The Morgan fingerprint density at radius 3 is 2.27 bits per heavy atom. The van der Waals surface area contributed by atoms with E-state index in [0.29, 0.717) is 4.91 Å². The van der Waals surface area contributed by atoms with E-state index in [4.69, 9.17) is 5.41 Å². The van der Waals surface area contributed by atoms with Crippen LogP contribution in [0.1, 0.15) is 5.56 Å². The highest BCUT2D eigenvalue weighted by molar-refractivity contribution is 8.19. The molecule has 3 nitrogen and oxygen atoms in total. The first kappa shape index (κ1) is 14.4. The molecule has 108 valence electrons. The van der Waals surface area contributed by atoms with Crippen LogP contribution in [-0.2, 0) is 4.79 Å². The van der Waals surface area contributed by atoms with Crippen molar-refractivity contribution in [3.63, 3.8) is 0 Å². The highest BCUT2D eigenvalue weighted by Crippen LogP contribution is 2.33. The minimum absolute atomic E-state index is 0.154. The normalized spacial score (nSPS) is 16.9. The van der Waals surface area contributed by atoms with Gasteiger partial charge in [-0.25, -0.2) is 0 Å². The van der Waals surface area contributed by atoms with E-state index in [1.165, 1.54) is 16.7 Å². The second-order valence-electron chi connectivity index (χ2n) is 4.68. The summed E-state index contributed by atoms with van der Waals surface area (Å²) in [5, 5.41) is 8.24. The highest BCUT2D eigenvalue weighted by Gasteiger charge is 2.32. The van der Waals surface area contributed by atoms with Gasteiger partial charge in [-0.15, -0.1) is 0 Å². The van der Waals surface area contributed by atoms with Gasteiger partial charge in [0, 0.05) is 0 Å². The summed E-state index contributed by atoms with van der Waals surface area (Å²) in [6, 6.07) is 19.2. The van der Waals surface area contributed by atoms with Crippen LogP contribution >= 0.6 is 11.8 Å². The molecule has 22 heavy (non-hydrogen) atoms. The summed E-state index contributed by atoms with van der Waals surface area (Å²) in [5.41, 5.74) is 1.80. The predicted molar refractivity (Wildman–Crippen MR) is 92.8 cm³/mol. The lowest BCUT2D eigenvalue weighted by Crippen LogP contribution is -2.27. The lowest BCUT2D eigenvalue weighted by Gasteiger charge is -2.13. The first-order valence-corrected chi connectivity index (χ1v) is 7.67. The molecule has 0 spiro atoms. The molecule has 0 saturated carbocycles. The Morgan fingerprint density at radius 1 is 0.955 bits per heavy atom. The number of anilines is 1. The number of allylic oxidation sites excluding steroid dienone is 2. The smallest absolute Gasteiger partial charge is 0.271 e. The summed E-state index contributed by atoms with van der Waals surface area (Å²) in [6.45, 7) is 0. The number of benzene rings is 2. The van der Waals surface area contributed by atoms with Crippen molar-refractivity contribution in [2.75, 3.05) is 4.90 Å². The molecule has 0 bridgehead atoms. The first-order valence-electron chi connectivity index (χ1n) is 6.85. The average Bonchev–Trinajstić information content (AvgIpc) is 2.83. The quantitative estimate of drug-likeness (QED) is 0.859. The number of nitrogens with zero attached hydrogens (tertiary/aromatic N) is 1. The molecule has 1 amide bonds. The number of carbonyl (C=O) groups excluding carboxylic acids is 1. The van der Waals surface area contributed by atoms with E-state index in [9.17, 15) is 4.79 Å². The van der Waals surface area contributed by atoms with Crippen molar-refractivity contribution in [3.05, 3.63) is 83.3 Å². The van der Waals surface area contributed by atoms with Crippen molar-refractivity contribution in [3.8, 4) is 0 Å². The van der Waals surface area contributed by atoms with E-state index < -0.39 is 0 Å². The number of thioether (sulfide) groups is 1. The van der Waals surface area contributed by atoms with Crippen LogP contribution in [-0.4, -0.2) is 11.1 Å². The van der Waals surface area contributed by atoms with Gasteiger partial charge in [0.05, 0.1) is 10.6 Å². The first-order chi connectivity index (χ1) is 10.8. The van der Waals surface area contributed by atoms with Crippen molar-refractivity contribution in [2.24, 2.45) is 0 Å². The molecule has 1 N–H and O–H groups in total. The maximum atomic E-state index is 12.4. The number of carbonyl (C=O) groups is 1. The number of nitrogens with one attached hydrogen (secondary N) is 1. The van der Waals surface area contributed by atoms with Gasteiger partial charge in [0.1, 0.15) is 0 Å². The molecule has 2 aromatic rings. The molecule has 3 rings (SSSR count). The molecular formula is C18H14N2OS. The lowest BCUT2D eigenvalue weighted by atomic mass is 10.2. The minimum atomic E-state index is -0.154. The van der Waals surface area contributed by atoms with Crippen LogP contribution in [0.2, 0.25) is 0 Å². The van der Waals surface area contributed by atoms with Crippen molar-refractivity contribution in [1.29, 1.82) is 5.41 Å². The Bertz CT molecular complexity index is 751. The van der Waals surface area contributed by atoms with Crippen molar-refractivity contribution >= 4 is 34.6 Å². The molecule has 1 saturated heterocycles. The fourth-order valence-electron chi connectivity index (χ4n) is 2.12. The Balaban J connectivity index is 1.79. The average molecular weight is 306 g/mol. The van der Waals surface area contributed by atoms with Crippen molar-refractivity contribution in [1.82, 2.24) is 0 Å². The van der Waals surface area contributed by atoms with Gasteiger partial charge in [0.2, 0.25) is 0 Å². The number of rotatable bonds is 3. The van der Waals surface area contributed by atoms with Crippen LogP contribution in [0.5, 0.6) is 0 Å². The minimum Gasteiger partial charge on any atom is -0.278 e. The molecule has 4 heteroatoms. The molecule has 0 atom stereocenters. The third kappa shape index (κ3) is 3.02. The summed E-state index contributed by atoms with van der Waals surface area (Å²) in [4.78, 5) is 14.4. The zero-order valence-corrected chi connectivity index (χ0v) is 12.6. The molecular weight excluding hydrogens is 292 g/mol. The Hall–Kier alpha value is -2.59. The van der Waals surface area contributed by atoms with Gasteiger partial charge in [-0.1, -0.05) is 60.7 Å². The van der Waals surface area contributed by atoms with Gasteiger partial charge in [0.15, 0.2) is 5.17 Å². The van der Waals surface area contributed by atoms with Crippen LogP contribution < -0.4 is 4.90 Å². The summed E-state index contributed by atoms with van der Waals surface area (Å²) >= 11 is 1.18. The van der Waals surface area contributed by atoms with Crippen LogP contribution in [0.4, 0.5) is 5.69 Å². The van der Waals surface area contributed by atoms with E-state index in [1.54, 1.807) is 6.08 Å². The molecule has 1 aliphatic heterocycles. The van der Waals surface area contributed by atoms with E-state index in [2.05, 4.69) is 0 Å². The van der Waals surface area contributed by atoms with Crippen LogP contribution in [0.15, 0.2) is 77.7 Å². The summed E-state index contributed by atoms with van der Waals surface area (Å²) in [7, 11) is 0. The van der Waals surface area contributed by atoms with Crippen molar-refractivity contribution < 1.29 is 4.79 Å². The standard InChI is InChI=1S/C18H14N2OS/c19-18-20(15-11-5-2-6-12-15)17(21)16(22-18)13-7-10-14-8-3-1-4-9-14/h1-13,19H/b10-7+,16-13-,19-18?. The van der Waals surface area contributed by atoms with Crippen molar-refractivity contribution in [2.45, 2.75) is 0 Å². The molecule has 0 radical (unpaired) electrons. The molecule has 0 aromatic heterocycles. The Labute approximate surface area is 133 Å². The number of para-hydroxylation sites is 1. The molecule has 0 aliphatic carbocycles. The van der Waals surface area contributed by atoms with Crippen LogP contribution in [0, 0.1) is 5.41 Å². The maximum Gasteiger partial charge on any atom is 0.271 e. The van der Waals surface area contributed by atoms with Gasteiger partial charge < -0.3 is 0 Å². The van der Waals surface area contributed by atoms with E-state index in [1.807, 2.05) is 72.8 Å². The fraction of sp³-hybridized carbons (Fsp3) is 0. The van der Waals surface area contributed by atoms with Gasteiger partial charge in [-0.05, 0) is 35.5 Å². The third-order valence-electron chi connectivity index (χ3n) is 3.17. The van der Waals surface area contributed by atoms with E-state index in [-0.39, 0.29) is 11.1 Å². The fourth-order valence-corrected chi connectivity index (χ4v) is 2.94. The van der Waals surface area contributed by atoms with E-state index >= 15 is 0 Å². The second kappa shape index (κ2) is 6.45. The number of amidine groups is 1. The number of amides is 1. The van der Waals surface area contributed by atoms with Gasteiger partial charge >= 0.3 is 0 Å². The topological polar surface area (TPSA) is 44.2 Å². The zero-order valence-electron chi connectivity index (χ0n) is 11.8. The molecule has 1 heterocycles. The largest absolute Gasteiger partial charge is 0.278 e. The SMILES string of the molecule is N=C1S/C(=C\C=C\c2ccccc2)C(=O)N1c1ccccc1. The van der Waals surface area contributed by atoms with E-state index in [0.717, 1.165) is 11.3 Å². The van der Waals surface area contributed by atoms with Gasteiger partial charge in [0.25, 0.3) is 5.91 Å². The summed E-state index contributed by atoms with van der Waals surface area (Å²) in [5.74, 6) is -0.154. The Morgan fingerprint density at radius 2 is 1.59 bits per heavy atom. The highest BCUT2D eigenvalue weighted by atomic mass is 32.2. The predicted octanol–water partition coefficient (Wildman–Crippen LogP) is 4.30.